The first-order valence-electron chi connectivity index (χ1n) is 4.25. The highest BCUT2D eigenvalue weighted by Gasteiger charge is 2.20. The SMILES string of the molecule is [N-]=[N+]=NCC(O)C(O)c1csc(C(=O)O)c1. The first kappa shape index (κ1) is 12.5. The van der Waals surface area contributed by atoms with Gasteiger partial charge in [-0.25, -0.2) is 4.79 Å². The van der Waals surface area contributed by atoms with Crippen LogP contribution in [0.4, 0.5) is 0 Å². The van der Waals surface area contributed by atoms with Crippen molar-refractivity contribution >= 4 is 17.3 Å². The van der Waals surface area contributed by atoms with E-state index < -0.39 is 18.2 Å². The van der Waals surface area contributed by atoms with Crippen LogP contribution in [0.3, 0.4) is 0 Å². The van der Waals surface area contributed by atoms with Gasteiger partial charge in [0.1, 0.15) is 11.0 Å². The molecule has 2 unspecified atom stereocenters. The van der Waals surface area contributed by atoms with Gasteiger partial charge in [0.15, 0.2) is 0 Å². The Bertz CT molecular complexity index is 427. The molecule has 1 heterocycles. The van der Waals surface area contributed by atoms with Crippen LogP contribution >= 0.6 is 11.3 Å². The maximum Gasteiger partial charge on any atom is 0.345 e. The molecule has 0 bridgehead atoms. The standard InChI is InChI=1S/C8H9N3O4S/c9-11-10-2-5(12)7(13)4-1-6(8(14)15)16-3-4/h1,3,5,7,12-13H,2H2,(H,14,15). The highest BCUT2D eigenvalue weighted by atomic mass is 32.1. The Balaban J connectivity index is 2.75. The fourth-order valence-electron chi connectivity index (χ4n) is 1.06. The van der Waals surface area contributed by atoms with Crippen molar-refractivity contribution in [2.45, 2.75) is 12.2 Å². The fraction of sp³-hybridized carbons (Fsp3) is 0.375. The zero-order valence-electron chi connectivity index (χ0n) is 8.02. The van der Waals surface area contributed by atoms with Crippen molar-refractivity contribution in [3.63, 3.8) is 0 Å². The first-order chi connectivity index (χ1) is 7.56. The minimum absolute atomic E-state index is 0.0741. The summed E-state index contributed by atoms with van der Waals surface area (Å²) in [5.41, 5.74) is 8.33. The van der Waals surface area contributed by atoms with E-state index in [1.54, 1.807) is 0 Å². The molecule has 0 saturated carbocycles. The van der Waals surface area contributed by atoms with Crippen LogP contribution < -0.4 is 0 Å². The average molecular weight is 243 g/mol. The Hall–Kier alpha value is -1.60. The zero-order valence-corrected chi connectivity index (χ0v) is 8.83. The summed E-state index contributed by atoms with van der Waals surface area (Å²) in [6.45, 7) is -0.268. The summed E-state index contributed by atoms with van der Waals surface area (Å²) >= 11 is 0.953. The number of carboxylic acids is 1. The lowest BCUT2D eigenvalue weighted by Gasteiger charge is -2.13. The topological polar surface area (TPSA) is 127 Å². The minimum Gasteiger partial charge on any atom is -0.477 e. The maximum absolute atomic E-state index is 10.6. The number of thiophene rings is 1. The van der Waals surface area contributed by atoms with Gasteiger partial charge in [0, 0.05) is 4.91 Å². The van der Waals surface area contributed by atoms with Crippen LogP contribution in [-0.2, 0) is 0 Å². The fourth-order valence-corrected chi connectivity index (χ4v) is 1.84. The largest absolute Gasteiger partial charge is 0.477 e. The summed E-state index contributed by atoms with van der Waals surface area (Å²) in [7, 11) is 0. The van der Waals surface area contributed by atoms with Crippen LogP contribution in [0, 0.1) is 0 Å². The third kappa shape index (κ3) is 2.94. The number of aliphatic hydroxyl groups excluding tert-OH is 2. The molecule has 0 saturated heterocycles. The Morgan fingerprint density at radius 3 is 2.81 bits per heavy atom. The summed E-state index contributed by atoms with van der Waals surface area (Å²) in [6, 6.07) is 1.27. The number of azide groups is 1. The summed E-state index contributed by atoms with van der Waals surface area (Å²) in [4.78, 5) is 13.1. The zero-order chi connectivity index (χ0) is 12.1. The van der Waals surface area contributed by atoms with Crippen molar-refractivity contribution in [1.29, 1.82) is 0 Å². The summed E-state index contributed by atoms with van der Waals surface area (Å²) in [6.07, 6.45) is -2.50. The number of hydrogen-bond donors (Lipinski definition) is 3. The molecule has 0 aromatic carbocycles. The number of nitrogens with zero attached hydrogens (tertiary/aromatic N) is 3. The quantitative estimate of drug-likeness (QED) is 0.407. The molecule has 0 aliphatic carbocycles. The maximum atomic E-state index is 10.6. The molecule has 1 rings (SSSR count). The number of hydrogen-bond acceptors (Lipinski definition) is 5. The molecule has 0 fully saturated rings. The van der Waals surface area contributed by atoms with Gasteiger partial charge < -0.3 is 15.3 Å². The highest BCUT2D eigenvalue weighted by molar-refractivity contribution is 7.12. The average Bonchev–Trinajstić information content (AvgIpc) is 2.74. The lowest BCUT2D eigenvalue weighted by atomic mass is 10.1. The molecular formula is C8H9N3O4S. The van der Waals surface area contributed by atoms with Gasteiger partial charge in [-0.3, -0.25) is 0 Å². The Kier molecular flexibility index (Phi) is 4.27. The van der Waals surface area contributed by atoms with Crippen molar-refractivity contribution < 1.29 is 20.1 Å². The van der Waals surface area contributed by atoms with E-state index in [1.807, 2.05) is 0 Å². The normalized spacial score (nSPS) is 13.9. The molecule has 1 aromatic rings. The smallest absolute Gasteiger partial charge is 0.345 e. The van der Waals surface area contributed by atoms with Crippen molar-refractivity contribution in [2.24, 2.45) is 5.11 Å². The molecule has 0 aliphatic rings. The molecule has 2 atom stereocenters. The number of carboxylic acid groups (broad SMARTS) is 1. The molecule has 86 valence electrons. The number of carbonyl (C=O) groups is 1. The molecule has 0 amide bonds. The second-order valence-electron chi connectivity index (χ2n) is 2.98. The van der Waals surface area contributed by atoms with E-state index in [0.29, 0.717) is 5.56 Å². The van der Waals surface area contributed by atoms with Crippen LogP contribution in [-0.4, -0.2) is 33.9 Å². The molecule has 8 heteroatoms. The third-order valence-corrected chi connectivity index (χ3v) is 2.80. The van der Waals surface area contributed by atoms with Gasteiger partial charge in [0.2, 0.25) is 0 Å². The van der Waals surface area contributed by atoms with Crippen molar-refractivity contribution in [1.82, 2.24) is 0 Å². The number of rotatable bonds is 5. The van der Waals surface area contributed by atoms with Crippen LogP contribution in [0.15, 0.2) is 16.6 Å². The summed E-state index contributed by atoms with van der Waals surface area (Å²) in [5.74, 6) is -1.09. The van der Waals surface area contributed by atoms with Crippen LogP contribution in [0.1, 0.15) is 21.3 Å². The van der Waals surface area contributed by atoms with Crippen LogP contribution in [0.2, 0.25) is 0 Å². The molecule has 7 nitrogen and oxygen atoms in total. The van der Waals surface area contributed by atoms with E-state index in [1.165, 1.54) is 11.4 Å². The molecule has 3 N–H and O–H groups in total. The molecule has 0 aliphatic heterocycles. The van der Waals surface area contributed by atoms with Crippen molar-refractivity contribution in [3.05, 3.63) is 32.3 Å². The monoisotopic (exact) mass is 243 g/mol. The van der Waals surface area contributed by atoms with Gasteiger partial charge in [-0.05, 0) is 22.5 Å². The molecule has 1 aromatic heterocycles. The lowest BCUT2D eigenvalue weighted by molar-refractivity contribution is 0.0246. The molecule has 16 heavy (non-hydrogen) atoms. The predicted molar refractivity (Wildman–Crippen MR) is 56.3 cm³/mol. The van der Waals surface area contributed by atoms with Crippen molar-refractivity contribution in [3.8, 4) is 0 Å². The van der Waals surface area contributed by atoms with Gasteiger partial charge in [0.05, 0.1) is 12.6 Å². The minimum atomic E-state index is -1.25. The van der Waals surface area contributed by atoms with Gasteiger partial charge in [-0.1, -0.05) is 5.11 Å². The van der Waals surface area contributed by atoms with Crippen LogP contribution in [0.25, 0.3) is 10.4 Å². The highest BCUT2D eigenvalue weighted by Crippen LogP contribution is 2.23. The van der Waals surface area contributed by atoms with E-state index in [2.05, 4.69) is 10.0 Å². The summed E-state index contributed by atoms with van der Waals surface area (Å²) < 4.78 is 0. The van der Waals surface area contributed by atoms with Gasteiger partial charge in [-0.15, -0.1) is 11.3 Å². The Morgan fingerprint density at radius 1 is 1.62 bits per heavy atom. The van der Waals surface area contributed by atoms with Gasteiger partial charge >= 0.3 is 5.97 Å². The predicted octanol–water partition coefficient (Wildman–Crippen LogP) is 1.15. The third-order valence-electron chi connectivity index (χ3n) is 1.87. The molecular weight excluding hydrogens is 234 g/mol. The van der Waals surface area contributed by atoms with E-state index in [9.17, 15) is 15.0 Å². The second-order valence-corrected chi connectivity index (χ2v) is 3.89. The van der Waals surface area contributed by atoms with E-state index in [-0.39, 0.29) is 11.4 Å². The first-order valence-corrected chi connectivity index (χ1v) is 5.13. The number of aliphatic hydroxyl groups is 2. The van der Waals surface area contributed by atoms with Crippen LogP contribution in [0.5, 0.6) is 0 Å². The second kappa shape index (κ2) is 5.47. The van der Waals surface area contributed by atoms with E-state index >= 15 is 0 Å². The Morgan fingerprint density at radius 2 is 2.31 bits per heavy atom. The summed E-state index contributed by atoms with van der Waals surface area (Å²) in [5, 5.41) is 32.2. The van der Waals surface area contributed by atoms with E-state index in [0.717, 1.165) is 11.3 Å². The number of aromatic carboxylic acids is 1. The molecule has 0 spiro atoms. The van der Waals surface area contributed by atoms with E-state index in [4.69, 9.17) is 10.6 Å². The Labute approximate surface area is 94.2 Å². The van der Waals surface area contributed by atoms with Gasteiger partial charge in [-0.2, -0.15) is 0 Å². The molecule has 0 radical (unpaired) electrons. The van der Waals surface area contributed by atoms with Crippen molar-refractivity contribution in [2.75, 3.05) is 6.54 Å². The van der Waals surface area contributed by atoms with Gasteiger partial charge in [0.25, 0.3) is 0 Å². The lowest BCUT2D eigenvalue weighted by Crippen LogP contribution is -2.20.